The van der Waals surface area contributed by atoms with Crippen LogP contribution in [-0.4, -0.2) is 65.2 Å². The van der Waals surface area contributed by atoms with Gasteiger partial charge in [0.25, 0.3) is 11.8 Å². The van der Waals surface area contributed by atoms with Crippen molar-refractivity contribution in [2.24, 2.45) is 0 Å². The lowest BCUT2D eigenvalue weighted by atomic mass is 10.1. The Labute approximate surface area is 186 Å². The smallest absolute Gasteiger partial charge is 0.433 e. The molecular weight excluding hydrogens is 420 g/mol. The number of imide groups is 1. The Bertz CT molecular complexity index is 851. The molecule has 32 heavy (non-hydrogen) atoms. The molecule has 1 aromatic carbocycles. The fraction of sp³-hybridized carbons (Fsp3) is 0.476. The van der Waals surface area contributed by atoms with E-state index in [-0.39, 0.29) is 25.9 Å². The minimum Gasteiger partial charge on any atom is -0.444 e. The van der Waals surface area contributed by atoms with E-state index in [1.807, 2.05) is 30.3 Å². The van der Waals surface area contributed by atoms with E-state index in [1.54, 1.807) is 20.8 Å². The third-order valence-corrected chi connectivity index (χ3v) is 4.29. The van der Waals surface area contributed by atoms with Gasteiger partial charge in [0.1, 0.15) is 11.6 Å². The molecule has 174 valence electrons. The quantitative estimate of drug-likeness (QED) is 0.475. The fourth-order valence-corrected chi connectivity index (χ4v) is 2.80. The average Bonchev–Trinajstić information content (AvgIpc) is 3.02. The Morgan fingerprint density at radius 3 is 2.22 bits per heavy atom. The average molecular weight is 448 g/mol. The lowest BCUT2D eigenvalue weighted by Gasteiger charge is -2.26. The molecule has 2 N–H and O–H groups in total. The van der Waals surface area contributed by atoms with E-state index in [2.05, 4.69) is 10.6 Å². The van der Waals surface area contributed by atoms with Gasteiger partial charge >= 0.3 is 12.2 Å². The first-order valence-corrected chi connectivity index (χ1v) is 10.1. The molecule has 1 aliphatic rings. The number of carbonyl (C=O) groups is 5. The zero-order valence-electron chi connectivity index (χ0n) is 18.5. The Morgan fingerprint density at radius 1 is 1.06 bits per heavy atom. The van der Waals surface area contributed by atoms with Gasteiger partial charge in [-0.15, -0.1) is 5.06 Å². The predicted molar refractivity (Wildman–Crippen MR) is 112 cm³/mol. The number of hydrogen-bond donors (Lipinski definition) is 2. The highest BCUT2D eigenvalue weighted by Gasteiger charge is 2.33. The molecule has 11 heteroatoms. The number of ether oxygens (including phenoxy) is 1. The SMILES string of the molecule is CN(CNC(=O)ON1C(=O)CCC1=O)C(=O)[C@H](Cc1ccccc1)NC(=O)OC(C)(C)C. The normalized spacial score (nSPS) is 14.6. The van der Waals surface area contributed by atoms with Crippen molar-refractivity contribution in [3.8, 4) is 0 Å². The second-order valence-corrected chi connectivity index (χ2v) is 8.22. The molecular formula is C21H28N4O7. The van der Waals surface area contributed by atoms with Crippen LogP contribution in [0.2, 0.25) is 0 Å². The lowest BCUT2D eigenvalue weighted by molar-refractivity contribution is -0.171. The topological polar surface area (TPSA) is 134 Å². The van der Waals surface area contributed by atoms with Crippen LogP contribution in [0.1, 0.15) is 39.2 Å². The van der Waals surface area contributed by atoms with E-state index in [0.29, 0.717) is 5.06 Å². The molecule has 1 heterocycles. The van der Waals surface area contributed by atoms with E-state index in [1.165, 1.54) is 11.9 Å². The van der Waals surface area contributed by atoms with Gasteiger partial charge in [0.05, 0.1) is 6.67 Å². The summed E-state index contributed by atoms with van der Waals surface area (Å²) in [6.45, 7) is 4.84. The molecule has 0 unspecified atom stereocenters. The molecule has 0 bridgehead atoms. The molecule has 2 rings (SSSR count). The van der Waals surface area contributed by atoms with E-state index < -0.39 is 41.6 Å². The molecule has 1 fully saturated rings. The molecule has 1 saturated heterocycles. The Kier molecular flexibility index (Phi) is 8.16. The molecule has 1 atom stereocenters. The maximum atomic E-state index is 13.0. The van der Waals surface area contributed by atoms with Crippen LogP contribution in [-0.2, 0) is 30.4 Å². The number of hydrogen-bond acceptors (Lipinski definition) is 7. The second kappa shape index (κ2) is 10.6. The number of hydroxylamine groups is 2. The minimum atomic E-state index is -1.06. The van der Waals surface area contributed by atoms with Crippen LogP contribution in [0, 0.1) is 0 Å². The van der Waals surface area contributed by atoms with E-state index in [9.17, 15) is 24.0 Å². The van der Waals surface area contributed by atoms with Gasteiger partial charge in [-0.05, 0) is 26.3 Å². The van der Waals surface area contributed by atoms with E-state index >= 15 is 0 Å². The zero-order chi connectivity index (χ0) is 23.9. The van der Waals surface area contributed by atoms with Crippen LogP contribution in [0.15, 0.2) is 30.3 Å². The first-order chi connectivity index (χ1) is 15.0. The van der Waals surface area contributed by atoms with Crippen LogP contribution in [0.5, 0.6) is 0 Å². The van der Waals surface area contributed by atoms with Crippen molar-refractivity contribution in [3.63, 3.8) is 0 Å². The van der Waals surface area contributed by atoms with Crippen LogP contribution < -0.4 is 10.6 Å². The summed E-state index contributed by atoms with van der Waals surface area (Å²) in [5.41, 5.74) is 0.0697. The summed E-state index contributed by atoms with van der Waals surface area (Å²) in [6, 6.07) is 8.13. The van der Waals surface area contributed by atoms with Crippen molar-refractivity contribution < 1.29 is 33.5 Å². The zero-order valence-corrected chi connectivity index (χ0v) is 18.5. The third-order valence-electron chi connectivity index (χ3n) is 4.29. The number of rotatable bonds is 7. The molecule has 0 saturated carbocycles. The van der Waals surface area contributed by atoms with Gasteiger partial charge < -0.3 is 25.1 Å². The van der Waals surface area contributed by atoms with Gasteiger partial charge in [-0.3, -0.25) is 14.4 Å². The summed E-state index contributed by atoms with van der Waals surface area (Å²) in [4.78, 5) is 66.0. The number of alkyl carbamates (subject to hydrolysis) is 1. The summed E-state index contributed by atoms with van der Waals surface area (Å²) in [7, 11) is 1.42. The number of likely N-dealkylation sites (N-methyl/N-ethyl adjacent to an activating group) is 1. The molecule has 0 aliphatic carbocycles. The van der Waals surface area contributed by atoms with Gasteiger partial charge in [0, 0.05) is 26.3 Å². The van der Waals surface area contributed by atoms with Gasteiger partial charge in [0.2, 0.25) is 5.91 Å². The van der Waals surface area contributed by atoms with Gasteiger partial charge in [0.15, 0.2) is 0 Å². The highest BCUT2D eigenvalue weighted by molar-refractivity contribution is 6.01. The standard InChI is InChI=1S/C21H28N4O7/c1-21(2,3)31-20(30)23-15(12-14-8-6-5-7-9-14)18(28)24(4)13-22-19(29)32-25-16(26)10-11-17(25)27/h5-9,15H,10-13H2,1-4H3,(H,22,29)(H,23,30)/t15-/m0/s1. The van der Waals surface area contributed by atoms with E-state index in [0.717, 1.165) is 5.56 Å². The van der Waals surface area contributed by atoms with Crippen LogP contribution >= 0.6 is 0 Å². The fourth-order valence-electron chi connectivity index (χ4n) is 2.80. The van der Waals surface area contributed by atoms with E-state index in [4.69, 9.17) is 9.57 Å². The Hall–Kier alpha value is -3.63. The summed E-state index contributed by atoms with van der Waals surface area (Å²) >= 11 is 0. The van der Waals surface area contributed by atoms with Crippen molar-refractivity contribution in [3.05, 3.63) is 35.9 Å². The molecule has 11 nitrogen and oxygen atoms in total. The summed E-state index contributed by atoms with van der Waals surface area (Å²) in [5, 5.41) is 5.26. The molecule has 5 amide bonds. The first-order valence-electron chi connectivity index (χ1n) is 10.1. The Balaban J connectivity index is 1.98. The maximum Gasteiger partial charge on any atom is 0.433 e. The number of benzene rings is 1. The monoisotopic (exact) mass is 448 g/mol. The lowest BCUT2D eigenvalue weighted by Crippen LogP contribution is -2.52. The van der Waals surface area contributed by atoms with Crippen molar-refractivity contribution in [2.45, 2.75) is 51.7 Å². The summed E-state index contributed by atoms with van der Waals surface area (Å²) in [5.74, 6) is -1.72. The highest BCUT2D eigenvalue weighted by atomic mass is 16.7. The highest BCUT2D eigenvalue weighted by Crippen LogP contribution is 2.12. The van der Waals surface area contributed by atoms with Crippen LogP contribution in [0.3, 0.4) is 0 Å². The Morgan fingerprint density at radius 2 is 1.66 bits per heavy atom. The van der Waals surface area contributed by atoms with Gasteiger partial charge in [-0.2, -0.15) is 0 Å². The van der Waals surface area contributed by atoms with Crippen molar-refractivity contribution in [1.82, 2.24) is 20.6 Å². The van der Waals surface area contributed by atoms with Crippen molar-refractivity contribution in [1.29, 1.82) is 0 Å². The van der Waals surface area contributed by atoms with Crippen molar-refractivity contribution >= 4 is 29.9 Å². The second-order valence-electron chi connectivity index (χ2n) is 8.22. The number of nitrogens with one attached hydrogen (secondary N) is 2. The van der Waals surface area contributed by atoms with Crippen molar-refractivity contribution in [2.75, 3.05) is 13.7 Å². The minimum absolute atomic E-state index is 0.0258. The first kappa shape index (κ1) is 24.6. The summed E-state index contributed by atoms with van der Waals surface area (Å²) in [6.07, 6.45) is -1.67. The third kappa shape index (κ3) is 7.56. The van der Waals surface area contributed by atoms with Gasteiger partial charge in [-0.25, -0.2) is 9.59 Å². The van der Waals surface area contributed by atoms with Crippen LogP contribution in [0.4, 0.5) is 9.59 Å². The molecule has 1 aromatic rings. The number of amides is 5. The molecule has 0 aromatic heterocycles. The predicted octanol–water partition coefficient (Wildman–Crippen LogP) is 1.33. The summed E-state index contributed by atoms with van der Waals surface area (Å²) < 4.78 is 5.25. The number of carbonyl (C=O) groups excluding carboxylic acids is 5. The molecule has 0 spiro atoms. The largest absolute Gasteiger partial charge is 0.444 e. The number of nitrogens with zero attached hydrogens (tertiary/aromatic N) is 2. The van der Waals surface area contributed by atoms with Gasteiger partial charge in [-0.1, -0.05) is 30.3 Å². The van der Waals surface area contributed by atoms with Crippen LogP contribution in [0.25, 0.3) is 0 Å². The molecule has 0 radical (unpaired) electrons. The maximum absolute atomic E-state index is 13.0. The molecule has 1 aliphatic heterocycles.